The van der Waals surface area contributed by atoms with Gasteiger partial charge < -0.3 is 14.8 Å². The Morgan fingerprint density at radius 3 is 2.66 bits per heavy atom. The first-order valence-corrected chi connectivity index (χ1v) is 9.05. The monoisotopic (exact) mass is 407 g/mol. The van der Waals surface area contributed by atoms with Crippen LogP contribution < -0.4 is 10.1 Å². The van der Waals surface area contributed by atoms with Crippen LogP contribution in [0.4, 0.5) is 0 Å². The van der Waals surface area contributed by atoms with Gasteiger partial charge in [0, 0.05) is 5.56 Å². The third kappa shape index (κ3) is 4.78. The quantitative estimate of drug-likeness (QED) is 0.446. The van der Waals surface area contributed by atoms with E-state index in [2.05, 4.69) is 16.1 Å². The van der Waals surface area contributed by atoms with Crippen LogP contribution in [0.15, 0.2) is 54.2 Å². The Balaban J connectivity index is 1.66. The van der Waals surface area contributed by atoms with Crippen molar-refractivity contribution in [2.75, 3.05) is 13.7 Å². The lowest BCUT2D eigenvalue weighted by Crippen LogP contribution is -2.35. The van der Waals surface area contributed by atoms with Crippen molar-refractivity contribution in [3.05, 3.63) is 70.9 Å². The normalized spacial score (nSPS) is 14.5. The standard InChI is InChI=1S/C21H17N3O4S/c1-27-19(25)12-24-20(26)18(23-21(24)29)10-14-6-8-17(9-7-14)28-13-16-5-3-2-4-15(16)11-22/h2-10H,12-13H2,1H3,(H,23,29)/b18-10-. The van der Waals surface area contributed by atoms with Crippen LogP contribution in [0, 0.1) is 11.3 Å². The van der Waals surface area contributed by atoms with E-state index in [9.17, 15) is 9.59 Å². The highest BCUT2D eigenvalue weighted by Gasteiger charge is 2.32. The van der Waals surface area contributed by atoms with Crippen molar-refractivity contribution in [1.82, 2.24) is 10.2 Å². The number of esters is 1. The van der Waals surface area contributed by atoms with Gasteiger partial charge in [-0.15, -0.1) is 0 Å². The van der Waals surface area contributed by atoms with Gasteiger partial charge in [-0.1, -0.05) is 30.3 Å². The lowest BCUT2D eigenvalue weighted by atomic mass is 10.1. The molecule has 0 atom stereocenters. The Labute approximate surface area is 173 Å². The number of hydrogen-bond acceptors (Lipinski definition) is 6. The first kappa shape index (κ1) is 20.0. The van der Waals surface area contributed by atoms with Crippen LogP contribution in [0.25, 0.3) is 6.08 Å². The molecule has 7 nitrogen and oxygen atoms in total. The van der Waals surface area contributed by atoms with Gasteiger partial charge in [-0.2, -0.15) is 5.26 Å². The van der Waals surface area contributed by atoms with Crippen molar-refractivity contribution in [2.24, 2.45) is 0 Å². The van der Waals surface area contributed by atoms with Crippen molar-refractivity contribution in [3.8, 4) is 11.8 Å². The number of nitrogens with zero attached hydrogens (tertiary/aromatic N) is 2. The van der Waals surface area contributed by atoms with Gasteiger partial charge in [0.25, 0.3) is 5.91 Å². The molecule has 0 bridgehead atoms. The molecule has 3 rings (SSSR count). The number of nitrogens with one attached hydrogen (secondary N) is 1. The van der Waals surface area contributed by atoms with Gasteiger partial charge in [-0.05, 0) is 42.1 Å². The largest absolute Gasteiger partial charge is 0.489 e. The lowest BCUT2D eigenvalue weighted by molar-refractivity contribution is -0.143. The van der Waals surface area contributed by atoms with E-state index in [4.69, 9.17) is 22.2 Å². The lowest BCUT2D eigenvalue weighted by Gasteiger charge is -2.11. The summed E-state index contributed by atoms with van der Waals surface area (Å²) in [7, 11) is 1.25. The summed E-state index contributed by atoms with van der Waals surface area (Å²) in [5, 5.41) is 12.1. The second kappa shape index (κ2) is 8.99. The molecule has 0 spiro atoms. The summed E-state index contributed by atoms with van der Waals surface area (Å²) in [4.78, 5) is 25.0. The predicted octanol–water partition coefficient (Wildman–Crippen LogP) is 2.37. The number of ether oxygens (including phenoxy) is 2. The van der Waals surface area contributed by atoms with Gasteiger partial charge in [-0.25, -0.2) is 0 Å². The van der Waals surface area contributed by atoms with Crippen molar-refractivity contribution in [2.45, 2.75) is 6.61 Å². The van der Waals surface area contributed by atoms with E-state index in [1.165, 1.54) is 7.11 Å². The summed E-state index contributed by atoms with van der Waals surface area (Å²) in [5.74, 6) is -0.314. The smallest absolute Gasteiger partial charge is 0.325 e. The third-order valence-electron chi connectivity index (χ3n) is 4.20. The number of nitriles is 1. The van der Waals surface area contributed by atoms with E-state index in [0.717, 1.165) is 16.0 Å². The Morgan fingerprint density at radius 1 is 1.24 bits per heavy atom. The predicted molar refractivity (Wildman–Crippen MR) is 109 cm³/mol. The first-order chi connectivity index (χ1) is 14.0. The summed E-state index contributed by atoms with van der Waals surface area (Å²) >= 11 is 5.10. The van der Waals surface area contributed by atoms with Crippen LogP contribution in [0.3, 0.4) is 0 Å². The highest BCUT2D eigenvalue weighted by atomic mass is 32.1. The number of methoxy groups -OCH3 is 1. The van der Waals surface area contributed by atoms with Crippen LogP contribution in [-0.4, -0.2) is 35.5 Å². The second-order valence-corrected chi connectivity index (χ2v) is 6.47. The van der Waals surface area contributed by atoms with Gasteiger partial charge >= 0.3 is 5.97 Å². The summed E-state index contributed by atoms with van der Waals surface area (Å²) < 4.78 is 10.3. The van der Waals surface area contributed by atoms with Gasteiger partial charge in [0.1, 0.15) is 24.6 Å². The summed E-state index contributed by atoms with van der Waals surface area (Å²) in [5.41, 5.74) is 2.41. The fourth-order valence-corrected chi connectivity index (χ4v) is 2.91. The second-order valence-electron chi connectivity index (χ2n) is 6.08. The molecular weight excluding hydrogens is 390 g/mol. The fourth-order valence-electron chi connectivity index (χ4n) is 2.65. The summed E-state index contributed by atoms with van der Waals surface area (Å²) in [6.07, 6.45) is 1.64. The third-order valence-corrected chi connectivity index (χ3v) is 4.52. The molecule has 0 unspecified atom stereocenters. The molecule has 1 saturated heterocycles. The molecule has 0 aromatic heterocycles. The van der Waals surface area contributed by atoms with Crippen molar-refractivity contribution < 1.29 is 19.1 Å². The van der Waals surface area contributed by atoms with Crippen LogP contribution in [0.2, 0.25) is 0 Å². The highest BCUT2D eigenvalue weighted by Crippen LogP contribution is 2.19. The maximum Gasteiger partial charge on any atom is 0.325 e. The molecule has 1 N–H and O–H groups in total. The summed E-state index contributed by atoms with van der Waals surface area (Å²) in [6, 6.07) is 16.5. The topological polar surface area (TPSA) is 91.7 Å². The average molecular weight is 407 g/mol. The van der Waals surface area contributed by atoms with E-state index in [0.29, 0.717) is 11.3 Å². The van der Waals surface area contributed by atoms with Crippen LogP contribution in [-0.2, 0) is 20.9 Å². The van der Waals surface area contributed by atoms with Crippen molar-refractivity contribution in [1.29, 1.82) is 5.26 Å². The number of benzene rings is 2. The molecule has 1 heterocycles. The number of amides is 1. The number of thiocarbonyl (C=S) groups is 1. The molecular formula is C21H17N3O4S. The zero-order valence-electron chi connectivity index (χ0n) is 15.5. The van der Waals surface area contributed by atoms with E-state index in [1.54, 1.807) is 42.5 Å². The molecule has 0 saturated carbocycles. The van der Waals surface area contributed by atoms with Crippen LogP contribution in [0.5, 0.6) is 5.75 Å². The minimum atomic E-state index is -0.553. The Bertz CT molecular complexity index is 1020. The molecule has 1 amide bonds. The molecule has 1 fully saturated rings. The zero-order valence-corrected chi connectivity index (χ0v) is 16.4. The van der Waals surface area contributed by atoms with Gasteiger partial charge in [0.2, 0.25) is 0 Å². The van der Waals surface area contributed by atoms with E-state index >= 15 is 0 Å². The van der Waals surface area contributed by atoms with Crippen molar-refractivity contribution in [3.63, 3.8) is 0 Å². The van der Waals surface area contributed by atoms with Crippen molar-refractivity contribution >= 4 is 35.3 Å². The molecule has 1 aliphatic rings. The van der Waals surface area contributed by atoms with E-state index in [1.807, 2.05) is 12.1 Å². The molecule has 146 valence electrons. The molecule has 2 aromatic rings. The summed E-state index contributed by atoms with van der Waals surface area (Å²) in [6.45, 7) is 0.0381. The Kier molecular flexibility index (Phi) is 6.22. The maximum absolute atomic E-state index is 12.4. The Hall–Kier alpha value is -3.70. The van der Waals surface area contributed by atoms with Crippen LogP contribution >= 0.6 is 12.2 Å². The van der Waals surface area contributed by atoms with Gasteiger partial charge in [-0.3, -0.25) is 14.5 Å². The maximum atomic E-state index is 12.4. The molecule has 0 radical (unpaired) electrons. The number of hydrogen-bond donors (Lipinski definition) is 1. The molecule has 0 aliphatic carbocycles. The fraction of sp³-hybridized carbons (Fsp3) is 0.143. The molecule has 8 heteroatoms. The molecule has 29 heavy (non-hydrogen) atoms. The highest BCUT2D eigenvalue weighted by molar-refractivity contribution is 7.80. The minimum Gasteiger partial charge on any atom is -0.489 e. The first-order valence-electron chi connectivity index (χ1n) is 8.64. The van der Waals surface area contributed by atoms with Gasteiger partial charge in [0.05, 0.1) is 18.7 Å². The number of carbonyl (C=O) groups is 2. The number of rotatable bonds is 6. The van der Waals surface area contributed by atoms with E-state index < -0.39 is 11.9 Å². The van der Waals surface area contributed by atoms with E-state index in [-0.39, 0.29) is 24.0 Å². The zero-order chi connectivity index (χ0) is 20.8. The SMILES string of the molecule is COC(=O)CN1C(=O)/C(=C/c2ccc(OCc3ccccc3C#N)cc2)NC1=S. The Morgan fingerprint density at radius 2 is 1.97 bits per heavy atom. The molecule has 1 aliphatic heterocycles. The van der Waals surface area contributed by atoms with Gasteiger partial charge in [0.15, 0.2) is 5.11 Å². The average Bonchev–Trinajstić information content (AvgIpc) is 3.00. The van der Waals surface area contributed by atoms with Crippen LogP contribution in [0.1, 0.15) is 16.7 Å². The number of carbonyl (C=O) groups excluding carboxylic acids is 2. The molecule has 2 aromatic carbocycles. The minimum absolute atomic E-state index is 0.155.